The van der Waals surface area contributed by atoms with Gasteiger partial charge in [0.15, 0.2) is 0 Å². The van der Waals surface area contributed by atoms with Gasteiger partial charge in [-0.3, -0.25) is 13.9 Å². The Balaban J connectivity index is 2.21. The van der Waals surface area contributed by atoms with Crippen LogP contribution in [0.2, 0.25) is 5.02 Å². The van der Waals surface area contributed by atoms with Crippen molar-refractivity contribution in [3.63, 3.8) is 0 Å². The zero-order valence-corrected chi connectivity index (χ0v) is 16.7. The summed E-state index contributed by atoms with van der Waals surface area (Å²) >= 11 is 5.88. The van der Waals surface area contributed by atoms with Crippen molar-refractivity contribution in [3.8, 4) is 0 Å². The van der Waals surface area contributed by atoms with Gasteiger partial charge >= 0.3 is 0 Å². The normalized spacial score (nSPS) is 11.0. The number of carbonyl (C=O) groups is 2. The van der Waals surface area contributed by atoms with Crippen molar-refractivity contribution in [1.29, 1.82) is 0 Å². The second kappa shape index (κ2) is 8.41. The van der Waals surface area contributed by atoms with E-state index in [1.165, 1.54) is 29.2 Å². The first kappa shape index (κ1) is 20.7. The van der Waals surface area contributed by atoms with Gasteiger partial charge in [0.2, 0.25) is 15.9 Å². The van der Waals surface area contributed by atoms with Crippen LogP contribution in [0, 0.1) is 0 Å². The number of nitrogens with zero attached hydrogens (tertiary/aromatic N) is 2. The number of nitrogens with one attached hydrogen (secondary N) is 1. The van der Waals surface area contributed by atoms with Gasteiger partial charge in [-0.05, 0) is 42.5 Å². The summed E-state index contributed by atoms with van der Waals surface area (Å²) in [6.45, 7) is -0.410. The van der Waals surface area contributed by atoms with Crippen LogP contribution in [0.5, 0.6) is 0 Å². The van der Waals surface area contributed by atoms with Crippen molar-refractivity contribution in [2.45, 2.75) is 0 Å². The minimum atomic E-state index is -3.71. The first-order valence-electron chi connectivity index (χ1n) is 7.93. The Morgan fingerprint density at radius 3 is 2.22 bits per heavy atom. The van der Waals surface area contributed by atoms with Crippen LogP contribution in [-0.4, -0.2) is 52.0 Å². The average Bonchev–Trinajstić information content (AvgIpc) is 2.58. The molecule has 0 unspecified atom stereocenters. The fourth-order valence-corrected chi connectivity index (χ4v) is 3.37. The van der Waals surface area contributed by atoms with E-state index >= 15 is 0 Å². The molecule has 0 aliphatic heterocycles. The zero-order valence-electron chi connectivity index (χ0n) is 15.1. The third-order valence-electron chi connectivity index (χ3n) is 3.60. The van der Waals surface area contributed by atoms with Gasteiger partial charge in [0.1, 0.15) is 6.54 Å². The maximum absolute atomic E-state index is 12.3. The second-order valence-electron chi connectivity index (χ2n) is 6.07. The van der Waals surface area contributed by atoms with E-state index in [1.54, 1.807) is 38.4 Å². The van der Waals surface area contributed by atoms with Gasteiger partial charge in [0, 0.05) is 30.4 Å². The highest BCUT2D eigenvalue weighted by Gasteiger charge is 2.21. The van der Waals surface area contributed by atoms with Crippen LogP contribution in [0.25, 0.3) is 0 Å². The van der Waals surface area contributed by atoms with E-state index in [-0.39, 0.29) is 11.6 Å². The molecule has 2 rings (SSSR count). The summed E-state index contributed by atoms with van der Waals surface area (Å²) in [6, 6.07) is 12.6. The highest BCUT2D eigenvalue weighted by molar-refractivity contribution is 7.92. The first-order valence-corrected chi connectivity index (χ1v) is 10.2. The second-order valence-corrected chi connectivity index (χ2v) is 8.42. The summed E-state index contributed by atoms with van der Waals surface area (Å²) in [5.41, 5.74) is 1.17. The Bertz CT molecular complexity index is 943. The average molecular weight is 410 g/mol. The third kappa shape index (κ3) is 5.70. The third-order valence-corrected chi connectivity index (χ3v) is 4.98. The van der Waals surface area contributed by atoms with E-state index in [1.807, 2.05) is 0 Å². The van der Waals surface area contributed by atoms with Crippen molar-refractivity contribution in [2.24, 2.45) is 0 Å². The van der Waals surface area contributed by atoms with Gasteiger partial charge in [-0.1, -0.05) is 17.7 Å². The minimum absolute atomic E-state index is 0.203. The van der Waals surface area contributed by atoms with E-state index in [2.05, 4.69) is 5.32 Å². The number of halogens is 1. The molecule has 0 radical (unpaired) electrons. The molecule has 0 spiro atoms. The summed E-state index contributed by atoms with van der Waals surface area (Å²) in [5.74, 6) is -0.720. The molecule has 0 saturated heterocycles. The van der Waals surface area contributed by atoms with Gasteiger partial charge in [-0.15, -0.1) is 0 Å². The summed E-state index contributed by atoms with van der Waals surface area (Å²) in [7, 11) is -0.463. The van der Waals surface area contributed by atoms with E-state index in [0.29, 0.717) is 16.3 Å². The summed E-state index contributed by atoms with van der Waals surface area (Å²) < 4.78 is 25.3. The van der Waals surface area contributed by atoms with Crippen molar-refractivity contribution in [3.05, 3.63) is 59.1 Å². The Kier molecular flexibility index (Phi) is 6.45. The van der Waals surface area contributed by atoms with Crippen LogP contribution in [0.1, 0.15) is 10.4 Å². The fraction of sp³-hybridized carbons (Fsp3) is 0.222. The lowest BCUT2D eigenvalue weighted by Crippen LogP contribution is -2.37. The van der Waals surface area contributed by atoms with Crippen LogP contribution < -0.4 is 9.62 Å². The van der Waals surface area contributed by atoms with Crippen molar-refractivity contribution >= 4 is 44.8 Å². The molecular formula is C18H20ClN3O4S. The molecular weight excluding hydrogens is 390 g/mol. The van der Waals surface area contributed by atoms with Crippen molar-refractivity contribution < 1.29 is 18.0 Å². The monoisotopic (exact) mass is 409 g/mol. The zero-order chi connectivity index (χ0) is 20.2. The van der Waals surface area contributed by atoms with E-state index in [4.69, 9.17) is 11.6 Å². The highest BCUT2D eigenvalue weighted by Crippen LogP contribution is 2.20. The SMILES string of the molecule is CN(C)C(=O)c1ccc(N(CC(=O)Nc2cccc(Cl)c2)S(C)(=O)=O)cc1. The van der Waals surface area contributed by atoms with Crippen LogP contribution in [0.4, 0.5) is 11.4 Å². The number of rotatable bonds is 6. The summed E-state index contributed by atoms with van der Waals surface area (Å²) in [6.07, 6.45) is 1.01. The lowest BCUT2D eigenvalue weighted by molar-refractivity contribution is -0.114. The van der Waals surface area contributed by atoms with Crippen LogP contribution in [-0.2, 0) is 14.8 Å². The number of hydrogen-bond donors (Lipinski definition) is 1. The van der Waals surface area contributed by atoms with Crippen LogP contribution in [0.3, 0.4) is 0 Å². The number of amides is 2. The number of carbonyl (C=O) groups excluding carboxylic acids is 2. The smallest absolute Gasteiger partial charge is 0.253 e. The molecule has 0 fully saturated rings. The van der Waals surface area contributed by atoms with Crippen molar-refractivity contribution in [2.75, 3.05) is 36.5 Å². The van der Waals surface area contributed by atoms with Gasteiger partial charge in [0.05, 0.1) is 11.9 Å². The van der Waals surface area contributed by atoms with Crippen LogP contribution >= 0.6 is 11.6 Å². The molecule has 0 aliphatic rings. The van der Waals surface area contributed by atoms with Gasteiger partial charge in [-0.2, -0.15) is 0 Å². The summed E-state index contributed by atoms with van der Waals surface area (Å²) in [4.78, 5) is 25.7. The maximum atomic E-state index is 12.3. The molecule has 0 aromatic heterocycles. The molecule has 0 aliphatic carbocycles. The molecule has 0 saturated carbocycles. The number of sulfonamides is 1. The molecule has 2 amide bonds. The lowest BCUT2D eigenvalue weighted by atomic mass is 10.2. The Hall–Kier alpha value is -2.58. The lowest BCUT2D eigenvalue weighted by Gasteiger charge is -2.22. The predicted octanol–water partition coefficient (Wildman–Crippen LogP) is 2.45. The van der Waals surface area contributed by atoms with Crippen molar-refractivity contribution in [1.82, 2.24) is 4.90 Å². The fourth-order valence-electron chi connectivity index (χ4n) is 2.33. The number of anilines is 2. The highest BCUT2D eigenvalue weighted by atomic mass is 35.5. The molecule has 1 N–H and O–H groups in total. The van der Waals surface area contributed by atoms with E-state index in [9.17, 15) is 18.0 Å². The molecule has 27 heavy (non-hydrogen) atoms. The summed E-state index contributed by atoms with van der Waals surface area (Å²) in [5, 5.41) is 3.06. The number of hydrogen-bond acceptors (Lipinski definition) is 4. The van der Waals surface area contributed by atoms with Gasteiger partial charge in [-0.25, -0.2) is 8.42 Å². The molecule has 2 aromatic rings. The first-order chi connectivity index (χ1) is 12.6. The molecule has 7 nitrogen and oxygen atoms in total. The van der Waals surface area contributed by atoms with E-state index < -0.39 is 22.5 Å². The maximum Gasteiger partial charge on any atom is 0.253 e. The van der Waals surface area contributed by atoms with Crippen LogP contribution in [0.15, 0.2) is 48.5 Å². The molecule has 0 heterocycles. The van der Waals surface area contributed by atoms with E-state index in [0.717, 1.165) is 10.6 Å². The Morgan fingerprint density at radius 2 is 1.70 bits per heavy atom. The topological polar surface area (TPSA) is 86.8 Å². The standard InChI is InChI=1S/C18H20ClN3O4S/c1-21(2)18(24)13-7-9-16(10-8-13)22(27(3,25)26)12-17(23)20-15-6-4-5-14(19)11-15/h4-11H,12H2,1-3H3,(H,20,23). The number of benzene rings is 2. The molecule has 0 bridgehead atoms. The minimum Gasteiger partial charge on any atom is -0.345 e. The quantitative estimate of drug-likeness (QED) is 0.793. The van der Waals surface area contributed by atoms with Gasteiger partial charge in [0.25, 0.3) is 5.91 Å². The Labute approximate surface area is 163 Å². The molecule has 2 aromatic carbocycles. The van der Waals surface area contributed by atoms with Gasteiger partial charge < -0.3 is 10.2 Å². The molecule has 0 atom stereocenters. The molecule has 144 valence electrons. The predicted molar refractivity (Wildman–Crippen MR) is 107 cm³/mol. The molecule has 9 heteroatoms. The Morgan fingerprint density at radius 1 is 1.07 bits per heavy atom. The largest absolute Gasteiger partial charge is 0.345 e.